The van der Waals surface area contributed by atoms with Gasteiger partial charge in [-0.2, -0.15) is 13.2 Å². The first-order valence-electron chi connectivity index (χ1n) is 11.9. The molecular weight excluding hydrogens is 499 g/mol. The average Bonchev–Trinajstić information content (AvgIpc) is 3.35. The molecule has 6 rings (SSSR count). The van der Waals surface area contributed by atoms with Gasteiger partial charge in [0.25, 0.3) is 5.91 Å². The van der Waals surface area contributed by atoms with E-state index in [9.17, 15) is 22.2 Å². The molecule has 7 nitrogen and oxygen atoms in total. The van der Waals surface area contributed by atoms with Gasteiger partial charge >= 0.3 is 6.18 Å². The van der Waals surface area contributed by atoms with E-state index in [0.717, 1.165) is 36.8 Å². The van der Waals surface area contributed by atoms with Crippen LogP contribution in [-0.2, 0) is 22.7 Å². The van der Waals surface area contributed by atoms with Gasteiger partial charge in [-0.25, -0.2) is 18.5 Å². The molecule has 1 amide bonds. The highest BCUT2D eigenvalue weighted by Crippen LogP contribution is 2.61. The van der Waals surface area contributed by atoms with Gasteiger partial charge < -0.3 is 10.2 Å². The van der Waals surface area contributed by atoms with Gasteiger partial charge in [0.05, 0.1) is 32.7 Å². The normalized spacial score (nSPS) is 26.2. The molecule has 2 aromatic rings. The predicted octanol–water partition coefficient (Wildman–Crippen LogP) is 4.25. The Kier molecular flexibility index (Phi) is 5.50. The second-order valence-corrected chi connectivity index (χ2v) is 12.3. The molecule has 35 heavy (non-hydrogen) atoms. The van der Waals surface area contributed by atoms with E-state index >= 15 is 0 Å². The van der Waals surface area contributed by atoms with E-state index in [1.165, 1.54) is 11.3 Å². The van der Waals surface area contributed by atoms with Crippen LogP contribution in [0.25, 0.3) is 10.6 Å². The van der Waals surface area contributed by atoms with Crippen LogP contribution in [0, 0.1) is 5.92 Å². The maximum Gasteiger partial charge on any atom is 0.420 e. The second kappa shape index (κ2) is 8.24. The van der Waals surface area contributed by atoms with Gasteiger partial charge in [0.2, 0.25) is 5.95 Å². The molecule has 2 atom stereocenters. The average molecular weight is 526 g/mol. The van der Waals surface area contributed by atoms with Crippen molar-refractivity contribution in [3.05, 3.63) is 28.3 Å². The number of piperidine rings is 1. The highest BCUT2D eigenvalue weighted by molar-refractivity contribution is 7.81. The lowest BCUT2D eigenvalue weighted by molar-refractivity contribution is -0.137. The van der Waals surface area contributed by atoms with Crippen molar-refractivity contribution in [1.29, 1.82) is 0 Å². The molecule has 12 heteroatoms. The third-order valence-corrected chi connectivity index (χ3v) is 10.2. The predicted molar refractivity (Wildman–Crippen MR) is 127 cm³/mol. The molecule has 5 heterocycles. The zero-order chi connectivity index (χ0) is 24.5. The number of fused-ring (bicyclic) bond motifs is 3. The summed E-state index contributed by atoms with van der Waals surface area (Å²) in [6.07, 6.45) is 3.16. The molecule has 4 aliphatic rings. The fourth-order valence-corrected chi connectivity index (χ4v) is 8.14. The molecule has 0 radical (unpaired) electrons. The summed E-state index contributed by atoms with van der Waals surface area (Å²) >= 11 is 1.29. The number of nitrogens with one attached hydrogen (secondary N) is 1. The summed E-state index contributed by atoms with van der Waals surface area (Å²) in [5.41, 5.74) is -0.868. The van der Waals surface area contributed by atoms with Crippen LogP contribution in [-0.4, -0.2) is 61.2 Å². The lowest BCUT2D eigenvalue weighted by Gasteiger charge is -2.32. The SMILES string of the molecule is CS(=O)N1CCC(Nc2ncc(C(F)(F)F)c(-c3cc4c(s3)C3(C5CC5)CCCN3C4=O)n2)CC1. The van der Waals surface area contributed by atoms with E-state index in [1.54, 1.807) is 12.3 Å². The standard InChI is InChI=1S/C23H26F3N5O2S2/c1-35(33)30-9-5-14(6-10-30)28-21-27-12-16(23(24,25)26)18(29-21)17-11-15-19(34-17)22(13-3-4-13)7-2-8-31(22)20(15)32/h11-14H,2-10H2,1H3,(H,27,28,29). The number of aromatic nitrogens is 2. The van der Waals surface area contributed by atoms with E-state index in [-0.39, 0.29) is 29.1 Å². The second-order valence-electron chi connectivity index (χ2n) is 9.84. The zero-order valence-electron chi connectivity index (χ0n) is 19.2. The quantitative estimate of drug-likeness (QED) is 0.632. The Morgan fingerprint density at radius 1 is 1.20 bits per heavy atom. The number of carbonyl (C=O) groups excluding carboxylic acids is 1. The third-order valence-electron chi connectivity index (χ3n) is 7.75. The lowest BCUT2D eigenvalue weighted by atomic mass is 9.89. The molecule has 1 saturated carbocycles. The number of carbonyl (C=O) groups is 1. The zero-order valence-corrected chi connectivity index (χ0v) is 20.9. The van der Waals surface area contributed by atoms with Crippen molar-refractivity contribution in [3.63, 3.8) is 0 Å². The minimum atomic E-state index is -4.61. The van der Waals surface area contributed by atoms with Crippen LogP contribution >= 0.6 is 11.3 Å². The number of thiophene rings is 1. The topological polar surface area (TPSA) is 78.4 Å². The van der Waals surface area contributed by atoms with Gasteiger partial charge in [-0.3, -0.25) is 4.79 Å². The fraction of sp³-hybridized carbons (Fsp3) is 0.609. The highest BCUT2D eigenvalue weighted by atomic mass is 32.2. The van der Waals surface area contributed by atoms with Crippen molar-refractivity contribution in [2.75, 3.05) is 31.2 Å². The van der Waals surface area contributed by atoms with E-state index < -0.39 is 22.7 Å². The number of rotatable bonds is 5. The Bertz CT molecular complexity index is 1210. The molecule has 1 N–H and O–H groups in total. The van der Waals surface area contributed by atoms with Gasteiger partial charge in [0.15, 0.2) is 0 Å². The van der Waals surface area contributed by atoms with Crippen molar-refractivity contribution in [2.24, 2.45) is 5.92 Å². The summed E-state index contributed by atoms with van der Waals surface area (Å²) in [5.74, 6) is 0.478. The summed E-state index contributed by atoms with van der Waals surface area (Å²) < 4.78 is 55.4. The molecule has 0 bridgehead atoms. The van der Waals surface area contributed by atoms with E-state index in [1.807, 2.05) is 9.21 Å². The number of anilines is 1. The largest absolute Gasteiger partial charge is 0.420 e. The first-order valence-corrected chi connectivity index (χ1v) is 14.3. The number of hydrogen-bond acceptors (Lipinski definition) is 6. The molecule has 0 aromatic carbocycles. The number of alkyl halides is 3. The van der Waals surface area contributed by atoms with Gasteiger partial charge in [0, 0.05) is 43.0 Å². The smallest absolute Gasteiger partial charge is 0.351 e. The Balaban J connectivity index is 1.34. The monoisotopic (exact) mass is 525 g/mol. The van der Waals surface area contributed by atoms with Crippen LogP contribution in [0.3, 0.4) is 0 Å². The Labute approximate surface area is 207 Å². The molecule has 1 aliphatic carbocycles. The number of hydrogen-bond donors (Lipinski definition) is 1. The van der Waals surface area contributed by atoms with Crippen molar-refractivity contribution >= 4 is 34.2 Å². The maximum atomic E-state index is 13.9. The molecular formula is C23H26F3N5O2S2. The molecule has 3 fully saturated rings. The van der Waals surface area contributed by atoms with Crippen molar-refractivity contribution < 1.29 is 22.2 Å². The van der Waals surface area contributed by atoms with E-state index in [4.69, 9.17) is 0 Å². The summed E-state index contributed by atoms with van der Waals surface area (Å²) in [7, 11) is -1.04. The van der Waals surface area contributed by atoms with Gasteiger partial charge in [-0.05, 0) is 50.5 Å². The summed E-state index contributed by atoms with van der Waals surface area (Å²) in [6.45, 7) is 1.98. The molecule has 3 aliphatic heterocycles. The van der Waals surface area contributed by atoms with Gasteiger partial charge in [0.1, 0.15) is 5.56 Å². The van der Waals surface area contributed by atoms with Crippen LogP contribution in [0.15, 0.2) is 12.3 Å². The van der Waals surface area contributed by atoms with Gasteiger partial charge in [-0.1, -0.05) is 0 Å². The summed E-state index contributed by atoms with van der Waals surface area (Å²) in [4.78, 5) is 24.7. The molecule has 2 saturated heterocycles. The minimum Gasteiger partial charge on any atom is -0.351 e. The first kappa shape index (κ1) is 23.4. The fourth-order valence-electron chi connectivity index (χ4n) is 5.95. The van der Waals surface area contributed by atoms with Crippen LogP contribution in [0.1, 0.15) is 59.3 Å². The third kappa shape index (κ3) is 3.79. The van der Waals surface area contributed by atoms with Crippen LogP contribution < -0.4 is 5.32 Å². The van der Waals surface area contributed by atoms with Crippen molar-refractivity contribution in [3.8, 4) is 10.6 Å². The lowest BCUT2D eigenvalue weighted by Crippen LogP contribution is -2.40. The Hall–Kier alpha value is -2.05. The summed E-state index contributed by atoms with van der Waals surface area (Å²) in [5, 5.41) is 3.17. The van der Waals surface area contributed by atoms with Crippen molar-refractivity contribution in [2.45, 2.75) is 56.3 Å². The first-order chi connectivity index (χ1) is 16.7. The molecule has 2 unspecified atom stereocenters. The van der Waals surface area contributed by atoms with E-state index in [2.05, 4.69) is 15.3 Å². The minimum absolute atomic E-state index is 0.0144. The Morgan fingerprint density at radius 2 is 1.94 bits per heavy atom. The molecule has 188 valence electrons. The highest BCUT2D eigenvalue weighted by Gasteiger charge is 2.60. The van der Waals surface area contributed by atoms with Crippen molar-refractivity contribution in [1.82, 2.24) is 19.2 Å². The molecule has 0 spiro atoms. The Morgan fingerprint density at radius 3 is 2.60 bits per heavy atom. The van der Waals surface area contributed by atoms with Gasteiger partial charge in [-0.15, -0.1) is 11.3 Å². The summed E-state index contributed by atoms with van der Waals surface area (Å²) in [6, 6.07) is 1.60. The van der Waals surface area contributed by atoms with Crippen LogP contribution in [0.4, 0.5) is 19.1 Å². The number of nitrogens with zero attached hydrogens (tertiary/aromatic N) is 4. The van der Waals surface area contributed by atoms with E-state index in [0.29, 0.717) is 48.8 Å². The van der Waals surface area contributed by atoms with Crippen LogP contribution in [0.5, 0.6) is 0 Å². The maximum absolute atomic E-state index is 13.9. The van der Waals surface area contributed by atoms with Crippen LogP contribution in [0.2, 0.25) is 0 Å². The molecule has 2 aromatic heterocycles. The number of amides is 1. The number of halogens is 3.